The van der Waals surface area contributed by atoms with E-state index in [4.69, 9.17) is 5.73 Å². The number of hydrogen-bond donors (Lipinski definition) is 3. The fourth-order valence-electron chi connectivity index (χ4n) is 6.45. The lowest BCUT2D eigenvalue weighted by Crippen LogP contribution is -2.63. The Morgan fingerprint density at radius 1 is 1.25 bits per heavy atom. The van der Waals surface area contributed by atoms with Crippen molar-refractivity contribution in [3.05, 3.63) is 0 Å². The minimum absolute atomic E-state index is 0.0354. The highest BCUT2D eigenvalue weighted by Gasteiger charge is 2.62. The van der Waals surface area contributed by atoms with Crippen LogP contribution in [0.1, 0.15) is 52.4 Å². The molecule has 4 heteroatoms. The second kappa shape index (κ2) is 4.64. The molecule has 0 radical (unpaired) electrons. The fourth-order valence-corrected chi connectivity index (χ4v) is 6.56. The Morgan fingerprint density at radius 2 is 1.85 bits per heavy atom. The summed E-state index contributed by atoms with van der Waals surface area (Å²) in [5, 5.41) is 2.94. The monoisotopic (exact) mass is 296 g/mol. The van der Waals surface area contributed by atoms with Crippen LogP contribution in [0.3, 0.4) is 0 Å². The van der Waals surface area contributed by atoms with E-state index < -0.39 is 0 Å². The van der Waals surface area contributed by atoms with Crippen LogP contribution >= 0.6 is 12.6 Å². The van der Waals surface area contributed by atoms with Crippen molar-refractivity contribution in [3.63, 3.8) is 0 Å². The van der Waals surface area contributed by atoms with Gasteiger partial charge in [0.15, 0.2) is 0 Å². The minimum atomic E-state index is -0.343. The average molecular weight is 296 g/mol. The Bertz CT molecular complexity index is 407. The normalized spacial score (nSPS) is 47.3. The molecular formula is C16H28N2OS. The summed E-state index contributed by atoms with van der Waals surface area (Å²) in [5.74, 6) is 1.49. The summed E-state index contributed by atoms with van der Waals surface area (Å²) < 4.78 is 0. The molecule has 20 heavy (non-hydrogen) atoms. The van der Waals surface area contributed by atoms with Crippen LogP contribution in [-0.2, 0) is 4.79 Å². The lowest BCUT2D eigenvalue weighted by molar-refractivity contribution is -0.161. The van der Waals surface area contributed by atoms with Gasteiger partial charge in [-0.3, -0.25) is 4.79 Å². The fraction of sp³-hybridized carbons (Fsp3) is 0.938. The zero-order valence-corrected chi connectivity index (χ0v) is 13.6. The van der Waals surface area contributed by atoms with E-state index in [1.54, 1.807) is 0 Å². The van der Waals surface area contributed by atoms with Gasteiger partial charge in [0.25, 0.3) is 0 Å². The molecule has 3 atom stereocenters. The van der Waals surface area contributed by atoms with Gasteiger partial charge >= 0.3 is 0 Å². The van der Waals surface area contributed by atoms with Crippen LogP contribution in [0.4, 0.5) is 0 Å². The molecule has 0 spiro atoms. The molecule has 0 saturated heterocycles. The van der Waals surface area contributed by atoms with Crippen LogP contribution < -0.4 is 11.1 Å². The third-order valence-electron chi connectivity index (χ3n) is 6.02. The number of nitrogens with two attached hydrogens (primary N) is 1. The summed E-state index contributed by atoms with van der Waals surface area (Å²) in [6, 6.07) is -0.343. The van der Waals surface area contributed by atoms with Crippen LogP contribution in [0, 0.1) is 22.2 Å². The molecule has 0 aliphatic heterocycles. The van der Waals surface area contributed by atoms with E-state index in [-0.39, 0.29) is 17.4 Å². The Balaban J connectivity index is 1.83. The van der Waals surface area contributed by atoms with Gasteiger partial charge in [-0.15, -0.1) is 0 Å². The van der Waals surface area contributed by atoms with E-state index in [0.717, 1.165) is 25.2 Å². The smallest absolute Gasteiger partial charge is 0.237 e. The molecule has 3 nitrogen and oxygen atoms in total. The summed E-state index contributed by atoms with van der Waals surface area (Å²) in [6.45, 7) is 5.45. The van der Waals surface area contributed by atoms with Crippen LogP contribution in [0.5, 0.6) is 0 Å². The van der Waals surface area contributed by atoms with Gasteiger partial charge in [-0.1, -0.05) is 13.8 Å². The number of rotatable bonds is 4. The molecule has 114 valence electrons. The Labute approximate surface area is 127 Å². The molecule has 3 unspecified atom stereocenters. The summed E-state index contributed by atoms with van der Waals surface area (Å²) in [7, 11) is 0. The molecular weight excluding hydrogens is 268 g/mol. The molecule has 1 amide bonds. The summed E-state index contributed by atoms with van der Waals surface area (Å²) in [6.07, 6.45) is 7.45. The first-order valence-corrected chi connectivity index (χ1v) is 8.57. The Hall–Kier alpha value is -0.220. The van der Waals surface area contributed by atoms with Gasteiger partial charge in [-0.05, 0) is 60.7 Å². The molecule has 0 aromatic rings. The number of carbonyl (C=O) groups is 1. The molecule has 0 aromatic heterocycles. The summed E-state index contributed by atoms with van der Waals surface area (Å²) >= 11 is 4.15. The summed E-state index contributed by atoms with van der Waals surface area (Å²) in [5.41, 5.74) is 7.31. The van der Waals surface area contributed by atoms with E-state index in [1.165, 1.54) is 19.3 Å². The van der Waals surface area contributed by atoms with Gasteiger partial charge in [-0.25, -0.2) is 0 Å². The van der Waals surface area contributed by atoms with Gasteiger partial charge < -0.3 is 11.1 Å². The van der Waals surface area contributed by atoms with Crippen molar-refractivity contribution in [2.24, 2.45) is 27.9 Å². The predicted molar refractivity (Wildman–Crippen MR) is 84.7 cm³/mol. The molecule has 4 aliphatic carbocycles. The van der Waals surface area contributed by atoms with Crippen molar-refractivity contribution >= 4 is 18.5 Å². The van der Waals surface area contributed by atoms with E-state index in [1.807, 2.05) is 0 Å². The maximum absolute atomic E-state index is 12.4. The van der Waals surface area contributed by atoms with E-state index in [2.05, 4.69) is 31.8 Å². The van der Waals surface area contributed by atoms with Gasteiger partial charge in [0.2, 0.25) is 5.91 Å². The van der Waals surface area contributed by atoms with Crippen molar-refractivity contribution in [2.45, 2.75) is 58.4 Å². The predicted octanol–water partition coefficient (Wildman–Crippen LogP) is 2.36. The van der Waals surface area contributed by atoms with E-state index in [9.17, 15) is 4.79 Å². The van der Waals surface area contributed by atoms with Crippen molar-refractivity contribution < 1.29 is 4.79 Å². The van der Waals surface area contributed by atoms with Crippen molar-refractivity contribution in [3.8, 4) is 0 Å². The highest BCUT2D eigenvalue weighted by atomic mass is 32.1. The maximum atomic E-state index is 12.4. The SMILES string of the molecule is CC12CC3CC(C)(C1)CC(C(N)C(=O)NCCS)(C3)C2. The van der Waals surface area contributed by atoms with Gasteiger partial charge in [0, 0.05) is 12.3 Å². The van der Waals surface area contributed by atoms with Crippen molar-refractivity contribution in [2.75, 3.05) is 12.3 Å². The van der Waals surface area contributed by atoms with Crippen molar-refractivity contribution in [1.29, 1.82) is 0 Å². The lowest BCUT2D eigenvalue weighted by atomic mass is 9.39. The van der Waals surface area contributed by atoms with Gasteiger partial charge in [0.1, 0.15) is 0 Å². The second-order valence-corrected chi connectivity index (χ2v) is 8.93. The van der Waals surface area contributed by atoms with Crippen LogP contribution in [-0.4, -0.2) is 24.2 Å². The number of nitrogens with one attached hydrogen (secondary N) is 1. The highest BCUT2D eigenvalue weighted by Crippen LogP contribution is 2.70. The number of carbonyl (C=O) groups excluding carboxylic acids is 1. The third kappa shape index (κ3) is 2.29. The van der Waals surface area contributed by atoms with Crippen LogP contribution in [0.2, 0.25) is 0 Å². The molecule has 4 saturated carbocycles. The number of amides is 1. The summed E-state index contributed by atoms with van der Waals surface area (Å²) in [4.78, 5) is 12.4. The topological polar surface area (TPSA) is 55.1 Å². The van der Waals surface area contributed by atoms with Gasteiger partial charge in [0.05, 0.1) is 6.04 Å². The standard InChI is InChI=1S/C16H28N2OS/c1-14-5-11-6-15(2,8-14)10-16(7-11,9-14)12(17)13(19)18-3-4-20/h11-12,20H,3-10,17H2,1-2H3,(H,18,19). The quantitative estimate of drug-likeness (QED) is 0.698. The molecule has 3 N–H and O–H groups in total. The third-order valence-corrected chi connectivity index (χ3v) is 6.25. The Morgan fingerprint density at radius 3 is 2.35 bits per heavy atom. The molecule has 4 bridgehead atoms. The number of thiol groups is 1. The maximum Gasteiger partial charge on any atom is 0.237 e. The lowest BCUT2D eigenvalue weighted by Gasteiger charge is -2.66. The second-order valence-electron chi connectivity index (χ2n) is 8.48. The molecule has 0 heterocycles. The average Bonchev–Trinajstić information content (AvgIpc) is 2.30. The zero-order chi connectivity index (χ0) is 14.6. The van der Waals surface area contributed by atoms with Gasteiger partial charge in [-0.2, -0.15) is 12.6 Å². The minimum Gasteiger partial charge on any atom is -0.354 e. The van der Waals surface area contributed by atoms with E-state index >= 15 is 0 Å². The molecule has 4 rings (SSSR count). The first-order valence-electron chi connectivity index (χ1n) is 7.94. The molecule has 0 aromatic carbocycles. The zero-order valence-electron chi connectivity index (χ0n) is 12.7. The largest absolute Gasteiger partial charge is 0.354 e. The van der Waals surface area contributed by atoms with Crippen molar-refractivity contribution in [1.82, 2.24) is 5.32 Å². The van der Waals surface area contributed by atoms with Crippen LogP contribution in [0.15, 0.2) is 0 Å². The number of hydrogen-bond acceptors (Lipinski definition) is 3. The highest BCUT2D eigenvalue weighted by molar-refractivity contribution is 7.80. The first-order chi connectivity index (χ1) is 9.30. The molecule has 4 fully saturated rings. The van der Waals surface area contributed by atoms with E-state index in [0.29, 0.717) is 23.1 Å². The molecule has 4 aliphatic rings. The van der Waals surface area contributed by atoms with Crippen LogP contribution in [0.25, 0.3) is 0 Å². The Kier molecular flexibility index (Phi) is 3.41. The first kappa shape index (κ1) is 14.7.